The molecule has 12 heteroatoms. The number of rotatable bonds is 15. The van der Waals surface area contributed by atoms with Crippen LogP contribution < -0.4 is 21.7 Å². The first-order chi connectivity index (χ1) is 17.9. The summed E-state index contributed by atoms with van der Waals surface area (Å²) in [6.07, 6.45) is 3.05. The summed E-state index contributed by atoms with van der Waals surface area (Å²) in [7, 11) is 0. The summed E-state index contributed by atoms with van der Waals surface area (Å²) >= 11 is 1.48. The average Bonchev–Trinajstić information content (AvgIpc) is 3.27. The van der Waals surface area contributed by atoms with Crippen LogP contribution in [0.5, 0.6) is 0 Å². The third-order valence-corrected chi connectivity index (χ3v) is 6.76. The summed E-state index contributed by atoms with van der Waals surface area (Å²) in [6.45, 7) is 5.13. The zero-order valence-corrected chi connectivity index (χ0v) is 23.0. The first-order valence-corrected chi connectivity index (χ1v) is 13.9. The minimum absolute atomic E-state index is 0.0277. The van der Waals surface area contributed by atoms with Crippen molar-refractivity contribution < 1.29 is 29.4 Å². The van der Waals surface area contributed by atoms with E-state index in [-0.39, 0.29) is 25.2 Å². The van der Waals surface area contributed by atoms with Gasteiger partial charge in [-0.05, 0) is 49.3 Å². The minimum atomic E-state index is -1.22. The highest BCUT2D eigenvalue weighted by molar-refractivity contribution is 7.98. The van der Waals surface area contributed by atoms with Crippen LogP contribution in [-0.2, 0) is 25.6 Å². The van der Waals surface area contributed by atoms with E-state index >= 15 is 0 Å². The van der Waals surface area contributed by atoms with Gasteiger partial charge in [-0.3, -0.25) is 14.4 Å². The summed E-state index contributed by atoms with van der Waals surface area (Å²) in [5.41, 5.74) is 7.31. The molecule has 0 aliphatic heterocycles. The van der Waals surface area contributed by atoms with E-state index in [4.69, 9.17) is 5.73 Å². The molecule has 0 saturated heterocycles. The number of aliphatic carboxylic acids is 1. The predicted molar refractivity (Wildman–Crippen MR) is 148 cm³/mol. The first-order valence-electron chi connectivity index (χ1n) is 12.6. The molecule has 1 aromatic heterocycles. The number of aromatic nitrogens is 1. The van der Waals surface area contributed by atoms with E-state index in [1.807, 2.05) is 44.4 Å². The Morgan fingerprint density at radius 1 is 0.974 bits per heavy atom. The number of para-hydroxylation sites is 1. The van der Waals surface area contributed by atoms with Gasteiger partial charge in [-0.1, -0.05) is 32.0 Å². The highest BCUT2D eigenvalue weighted by atomic mass is 32.2. The number of H-pyrrole nitrogens is 1. The number of carboxylic acid groups (broad SMARTS) is 1. The van der Waals surface area contributed by atoms with Crippen molar-refractivity contribution in [2.45, 2.75) is 70.3 Å². The van der Waals surface area contributed by atoms with Crippen LogP contribution in [0.2, 0.25) is 0 Å². The van der Waals surface area contributed by atoms with Gasteiger partial charge in [-0.25, -0.2) is 4.79 Å². The molecule has 1 heterocycles. The second-order valence-electron chi connectivity index (χ2n) is 9.76. The normalized spacial score (nSPS) is 15.3. The quantitative estimate of drug-likeness (QED) is 0.170. The molecule has 3 amide bonds. The number of aliphatic hydroxyl groups is 1. The van der Waals surface area contributed by atoms with Crippen LogP contribution in [-0.4, -0.2) is 81.2 Å². The third kappa shape index (κ3) is 9.03. The van der Waals surface area contributed by atoms with E-state index in [9.17, 15) is 29.4 Å². The molecule has 5 unspecified atom stereocenters. The number of amides is 3. The van der Waals surface area contributed by atoms with Gasteiger partial charge in [-0.15, -0.1) is 0 Å². The third-order valence-electron chi connectivity index (χ3n) is 6.12. The number of nitrogens with two attached hydrogens (primary N) is 1. The molecule has 210 valence electrons. The Morgan fingerprint density at radius 3 is 2.18 bits per heavy atom. The standard InChI is InChI=1S/C26H39N5O6S/c1-14(2)11-20(30-25(35)22(27)15(3)32)24(34)29-19(9-10-38-4)23(33)31-21(26(36)37)12-16-13-28-18-8-6-5-7-17(16)18/h5-8,13-15,19-22,28,32H,9-12,27H2,1-4H3,(H,29,34)(H,30,35)(H,31,33)(H,36,37). The number of hydrogen-bond donors (Lipinski definition) is 7. The van der Waals surface area contributed by atoms with Gasteiger partial charge in [0.2, 0.25) is 17.7 Å². The van der Waals surface area contributed by atoms with E-state index in [1.165, 1.54) is 18.7 Å². The number of benzene rings is 1. The van der Waals surface area contributed by atoms with Gasteiger partial charge >= 0.3 is 5.97 Å². The van der Waals surface area contributed by atoms with Crippen LogP contribution in [0.3, 0.4) is 0 Å². The Kier molecular flexibility index (Phi) is 12.1. The van der Waals surface area contributed by atoms with Crippen LogP contribution in [0.15, 0.2) is 30.5 Å². The zero-order chi connectivity index (χ0) is 28.4. The number of thioether (sulfide) groups is 1. The lowest BCUT2D eigenvalue weighted by atomic mass is 10.0. The van der Waals surface area contributed by atoms with Crippen molar-refractivity contribution in [1.82, 2.24) is 20.9 Å². The van der Waals surface area contributed by atoms with E-state index in [1.54, 1.807) is 6.20 Å². The Balaban J connectivity index is 2.17. The van der Waals surface area contributed by atoms with Crippen molar-refractivity contribution in [2.24, 2.45) is 11.7 Å². The van der Waals surface area contributed by atoms with E-state index < -0.39 is 54.0 Å². The Morgan fingerprint density at radius 2 is 1.58 bits per heavy atom. The number of carboxylic acids is 1. The van der Waals surface area contributed by atoms with Gasteiger partial charge in [-0.2, -0.15) is 11.8 Å². The van der Waals surface area contributed by atoms with Crippen molar-refractivity contribution >= 4 is 46.4 Å². The first kappa shape index (κ1) is 31.1. The van der Waals surface area contributed by atoms with Gasteiger partial charge in [0.05, 0.1) is 6.10 Å². The maximum Gasteiger partial charge on any atom is 0.326 e. The SMILES string of the molecule is CSCCC(NC(=O)C(CC(C)C)NC(=O)C(N)C(C)O)C(=O)NC(Cc1c[nH]c2ccccc12)C(=O)O. The van der Waals surface area contributed by atoms with Gasteiger partial charge in [0, 0.05) is 23.5 Å². The highest BCUT2D eigenvalue weighted by Gasteiger charge is 2.31. The molecule has 11 nitrogen and oxygen atoms in total. The Bertz CT molecular complexity index is 1100. The molecule has 1 aromatic carbocycles. The summed E-state index contributed by atoms with van der Waals surface area (Å²) in [6, 6.07) is 3.03. The van der Waals surface area contributed by atoms with Crippen LogP contribution in [0, 0.1) is 5.92 Å². The predicted octanol–water partition coefficient (Wildman–Crippen LogP) is 0.757. The Labute approximate surface area is 226 Å². The van der Waals surface area contributed by atoms with Crippen molar-refractivity contribution in [3.8, 4) is 0 Å². The number of nitrogens with one attached hydrogen (secondary N) is 4. The summed E-state index contributed by atoms with van der Waals surface area (Å²) in [4.78, 5) is 53.9. The molecule has 5 atom stereocenters. The van der Waals surface area contributed by atoms with Crippen molar-refractivity contribution in [3.63, 3.8) is 0 Å². The fraction of sp³-hybridized carbons (Fsp3) is 0.538. The molecule has 2 aromatic rings. The zero-order valence-electron chi connectivity index (χ0n) is 22.2. The molecule has 2 rings (SSSR count). The number of carbonyl (C=O) groups is 4. The molecular weight excluding hydrogens is 510 g/mol. The van der Waals surface area contributed by atoms with E-state index in [0.717, 1.165) is 16.5 Å². The maximum atomic E-state index is 13.2. The molecule has 0 aliphatic rings. The summed E-state index contributed by atoms with van der Waals surface area (Å²) in [5.74, 6) is -2.54. The second-order valence-corrected chi connectivity index (χ2v) is 10.7. The molecule has 0 aliphatic carbocycles. The molecule has 0 radical (unpaired) electrons. The van der Waals surface area contributed by atoms with Crippen molar-refractivity contribution in [3.05, 3.63) is 36.0 Å². The van der Waals surface area contributed by atoms with Crippen LogP contribution >= 0.6 is 11.8 Å². The number of carbonyl (C=O) groups excluding carboxylic acids is 3. The van der Waals surface area contributed by atoms with E-state index in [0.29, 0.717) is 5.75 Å². The van der Waals surface area contributed by atoms with Gasteiger partial charge in [0.15, 0.2) is 0 Å². The smallest absolute Gasteiger partial charge is 0.326 e. The van der Waals surface area contributed by atoms with Crippen LogP contribution in [0.25, 0.3) is 10.9 Å². The highest BCUT2D eigenvalue weighted by Crippen LogP contribution is 2.19. The molecule has 0 fully saturated rings. The van der Waals surface area contributed by atoms with Gasteiger partial charge in [0.1, 0.15) is 24.2 Å². The molecule has 0 saturated carbocycles. The number of aromatic amines is 1. The molecule has 8 N–H and O–H groups in total. The van der Waals surface area contributed by atoms with Gasteiger partial charge < -0.3 is 36.9 Å². The van der Waals surface area contributed by atoms with Crippen molar-refractivity contribution in [2.75, 3.05) is 12.0 Å². The fourth-order valence-electron chi connectivity index (χ4n) is 3.96. The molecular formula is C26H39N5O6S. The largest absolute Gasteiger partial charge is 0.480 e. The second kappa shape index (κ2) is 14.7. The molecule has 38 heavy (non-hydrogen) atoms. The summed E-state index contributed by atoms with van der Waals surface area (Å²) < 4.78 is 0. The lowest BCUT2D eigenvalue weighted by molar-refractivity contribution is -0.142. The fourth-order valence-corrected chi connectivity index (χ4v) is 4.43. The van der Waals surface area contributed by atoms with Crippen LogP contribution in [0.4, 0.5) is 0 Å². The monoisotopic (exact) mass is 549 g/mol. The maximum absolute atomic E-state index is 13.2. The summed E-state index contributed by atoms with van der Waals surface area (Å²) in [5, 5.41) is 28.1. The molecule has 0 bridgehead atoms. The minimum Gasteiger partial charge on any atom is -0.480 e. The van der Waals surface area contributed by atoms with Crippen LogP contribution in [0.1, 0.15) is 39.2 Å². The number of fused-ring (bicyclic) bond motifs is 1. The number of aliphatic hydroxyl groups excluding tert-OH is 1. The lowest BCUT2D eigenvalue weighted by Crippen LogP contribution is -2.58. The number of hydrogen-bond acceptors (Lipinski definition) is 7. The molecule has 0 spiro atoms. The lowest BCUT2D eigenvalue weighted by Gasteiger charge is -2.26. The van der Waals surface area contributed by atoms with Gasteiger partial charge in [0.25, 0.3) is 0 Å². The van der Waals surface area contributed by atoms with E-state index in [2.05, 4.69) is 20.9 Å². The van der Waals surface area contributed by atoms with Crippen molar-refractivity contribution in [1.29, 1.82) is 0 Å². The average molecular weight is 550 g/mol. The topological polar surface area (TPSA) is 187 Å². The Hall–Kier alpha value is -3.09.